The van der Waals surface area contributed by atoms with Gasteiger partial charge in [0.05, 0.1) is 32.4 Å². The Kier molecular flexibility index (Phi) is 5.22. The molecule has 0 fully saturated rings. The number of amides is 1. The van der Waals surface area contributed by atoms with Crippen LogP contribution in [0.2, 0.25) is 0 Å². The number of ether oxygens (including phenoxy) is 3. The Labute approximate surface area is 191 Å². The van der Waals surface area contributed by atoms with Crippen LogP contribution in [0.3, 0.4) is 0 Å². The number of pyridine rings is 1. The molecule has 1 atom stereocenters. The summed E-state index contributed by atoms with van der Waals surface area (Å²) in [6, 6.07) is 22.8. The molecule has 1 N–H and O–H groups in total. The van der Waals surface area contributed by atoms with E-state index < -0.39 is 6.17 Å². The molecule has 33 heavy (non-hydrogen) atoms. The van der Waals surface area contributed by atoms with Crippen LogP contribution in [0, 0.1) is 0 Å². The molecule has 0 spiro atoms. The molecule has 4 aromatic rings. The molecule has 7 heteroatoms. The Balaban J connectivity index is 1.74. The molecule has 1 aromatic heterocycles. The number of hydrogen-bond donors (Lipinski definition) is 1. The van der Waals surface area contributed by atoms with Crippen LogP contribution in [0.15, 0.2) is 72.8 Å². The third kappa shape index (κ3) is 3.38. The summed E-state index contributed by atoms with van der Waals surface area (Å²) in [6.45, 7) is 0. The first-order chi connectivity index (χ1) is 16.2. The third-order valence-corrected chi connectivity index (χ3v) is 5.77. The minimum Gasteiger partial charge on any atom is -0.493 e. The number of para-hydroxylation sites is 2. The van der Waals surface area contributed by atoms with Gasteiger partial charge in [-0.2, -0.15) is 0 Å². The summed E-state index contributed by atoms with van der Waals surface area (Å²) in [6.07, 6.45) is -0.587. The fraction of sp³-hybridized carbons (Fsp3) is 0.154. The first-order valence-corrected chi connectivity index (χ1v) is 10.5. The van der Waals surface area contributed by atoms with Crippen molar-refractivity contribution in [3.63, 3.8) is 0 Å². The number of hydrogen-bond acceptors (Lipinski definition) is 6. The van der Waals surface area contributed by atoms with E-state index in [1.54, 1.807) is 32.3 Å². The number of aromatic nitrogens is 1. The number of anilines is 2. The van der Waals surface area contributed by atoms with E-state index in [1.807, 2.05) is 66.7 Å². The molecule has 0 unspecified atom stereocenters. The van der Waals surface area contributed by atoms with Gasteiger partial charge in [-0.25, -0.2) is 4.98 Å². The first kappa shape index (κ1) is 20.6. The second-order valence-electron chi connectivity index (χ2n) is 7.56. The normalized spacial score (nSPS) is 15.1. The van der Waals surface area contributed by atoms with E-state index >= 15 is 0 Å². The van der Waals surface area contributed by atoms with E-state index in [1.165, 1.54) is 0 Å². The SMILES string of the molecule is COc1ccc([C@@H]2Nc3nc4ccccc4cc3C(=O)N2c2ccccc2)c(OC)c1OC. The van der Waals surface area contributed by atoms with Gasteiger partial charge in [0.25, 0.3) is 5.91 Å². The van der Waals surface area contributed by atoms with E-state index in [2.05, 4.69) is 5.32 Å². The third-order valence-electron chi connectivity index (χ3n) is 5.77. The van der Waals surface area contributed by atoms with Crippen LogP contribution in [-0.2, 0) is 0 Å². The van der Waals surface area contributed by atoms with Crippen LogP contribution < -0.4 is 24.4 Å². The van der Waals surface area contributed by atoms with Gasteiger partial charge in [-0.15, -0.1) is 0 Å². The lowest BCUT2D eigenvalue weighted by Gasteiger charge is -2.38. The zero-order chi connectivity index (χ0) is 22.9. The Bertz CT molecular complexity index is 1340. The molecule has 3 aromatic carbocycles. The summed E-state index contributed by atoms with van der Waals surface area (Å²) in [5.74, 6) is 1.84. The van der Waals surface area contributed by atoms with Crippen molar-refractivity contribution < 1.29 is 19.0 Å². The molecular formula is C26H23N3O4. The number of methoxy groups -OCH3 is 3. The quantitative estimate of drug-likeness (QED) is 0.468. The summed E-state index contributed by atoms with van der Waals surface area (Å²) in [5.41, 5.74) is 2.78. The van der Waals surface area contributed by atoms with Gasteiger partial charge in [0, 0.05) is 16.6 Å². The van der Waals surface area contributed by atoms with Crippen molar-refractivity contribution >= 4 is 28.3 Å². The molecule has 0 bridgehead atoms. The van der Waals surface area contributed by atoms with Gasteiger partial charge in [0.1, 0.15) is 12.0 Å². The van der Waals surface area contributed by atoms with Crippen LogP contribution in [0.25, 0.3) is 10.9 Å². The second kappa shape index (κ2) is 8.35. The molecule has 0 aliphatic carbocycles. The number of rotatable bonds is 5. The standard InChI is InChI=1S/C26H23N3O4/c1-31-21-14-13-18(22(32-2)23(21)33-3)25-28-24-19(15-16-9-7-8-12-20(16)27-24)26(30)29(25)17-10-5-4-6-11-17/h4-15,25H,1-3H3,(H,27,28)/t25-/m1/s1. The lowest BCUT2D eigenvalue weighted by Crippen LogP contribution is -2.43. The maximum absolute atomic E-state index is 13.9. The molecule has 0 saturated carbocycles. The lowest BCUT2D eigenvalue weighted by molar-refractivity contribution is 0.0974. The van der Waals surface area contributed by atoms with Crippen LogP contribution >= 0.6 is 0 Å². The van der Waals surface area contributed by atoms with E-state index in [9.17, 15) is 4.79 Å². The fourth-order valence-electron chi connectivity index (χ4n) is 4.24. The predicted octanol–water partition coefficient (Wildman–Crippen LogP) is 5.03. The monoisotopic (exact) mass is 441 g/mol. The summed E-state index contributed by atoms with van der Waals surface area (Å²) >= 11 is 0. The molecule has 0 radical (unpaired) electrons. The average molecular weight is 441 g/mol. The summed E-state index contributed by atoms with van der Waals surface area (Å²) < 4.78 is 16.8. The topological polar surface area (TPSA) is 72.9 Å². The molecule has 1 aliphatic rings. The van der Waals surface area contributed by atoms with Crippen LogP contribution in [0.4, 0.5) is 11.5 Å². The lowest BCUT2D eigenvalue weighted by atomic mass is 10.0. The molecule has 2 heterocycles. The number of carbonyl (C=O) groups is 1. The van der Waals surface area contributed by atoms with Crippen molar-refractivity contribution in [1.82, 2.24) is 4.98 Å². The zero-order valence-corrected chi connectivity index (χ0v) is 18.5. The molecule has 7 nitrogen and oxygen atoms in total. The highest BCUT2D eigenvalue weighted by molar-refractivity contribution is 6.13. The van der Waals surface area contributed by atoms with E-state index in [0.29, 0.717) is 34.2 Å². The van der Waals surface area contributed by atoms with Gasteiger partial charge >= 0.3 is 0 Å². The second-order valence-corrected chi connectivity index (χ2v) is 7.56. The Morgan fingerprint density at radius 1 is 0.848 bits per heavy atom. The molecule has 5 rings (SSSR count). The number of fused-ring (bicyclic) bond motifs is 2. The van der Waals surface area contributed by atoms with Crippen molar-refractivity contribution in [3.8, 4) is 17.2 Å². The van der Waals surface area contributed by atoms with Crippen LogP contribution in [-0.4, -0.2) is 32.2 Å². The van der Waals surface area contributed by atoms with Crippen molar-refractivity contribution in [2.75, 3.05) is 31.5 Å². The minimum absolute atomic E-state index is 0.157. The van der Waals surface area contributed by atoms with E-state index in [-0.39, 0.29) is 5.91 Å². The highest BCUT2D eigenvalue weighted by atomic mass is 16.5. The summed E-state index contributed by atoms with van der Waals surface area (Å²) in [4.78, 5) is 20.3. The molecule has 1 amide bonds. The number of nitrogens with one attached hydrogen (secondary N) is 1. The van der Waals surface area contributed by atoms with Crippen LogP contribution in [0.1, 0.15) is 22.1 Å². The Morgan fingerprint density at radius 3 is 2.30 bits per heavy atom. The van der Waals surface area contributed by atoms with Gasteiger partial charge in [0.15, 0.2) is 11.5 Å². The van der Waals surface area contributed by atoms with Gasteiger partial charge in [-0.05, 0) is 36.4 Å². The number of benzene rings is 3. The summed E-state index contributed by atoms with van der Waals surface area (Å²) in [5, 5.41) is 4.37. The first-order valence-electron chi connectivity index (χ1n) is 10.5. The molecule has 0 saturated heterocycles. The minimum atomic E-state index is -0.587. The van der Waals surface area contributed by atoms with E-state index in [4.69, 9.17) is 19.2 Å². The van der Waals surface area contributed by atoms with Gasteiger partial charge in [0.2, 0.25) is 5.75 Å². The predicted molar refractivity (Wildman–Crippen MR) is 127 cm³/mol. The Hall–Kier alpha value is -4.26. The maximum Gasteiger partial charge on any atom is 0.264 e. The summed E-state index contributed by atoms with van der Waals surface area (Å²) in [7, 11) is 4.69. The van der Waals surface area contributed by atoms with Crippen molar-refractivity contribution in [1.29, 1.82) is 0 Å². The van der Waals surface area contributed by atoms with Crippen molar-refractivity contribution in [3.05, 3.63) is 83.9 Å². The van der Waals surface area contributed by atoms with Crippen LogP contribution in [0.5, 0.6) is 17.2 Å². The highest BCUT2D eigenvalue weighted by Crippen LogP contribution is 2.46. The molecule has 166 valence electrons. The van der Waals surface area contributed by atoms with Gasteiger partial charge in [-0.3, -0.25) is 9.69 Å². The average Bonchev–Trinajstić information content (AvgIpc) is 2.87. The van der Waals surface area contributed by atoms with Gasteiger partial charge < -0.3 is 19.5 Å². The van der Waals surface area contributed by atoms with Crippen molar-refractivity contribution in [2.24, 2.45) is 0 Å². The Morgan fingerprint density at radius 2 is 1.58 bits per heavy atom. The van der Waals surface area contributed by atoms with Crippen molar-refractivity contribution in [2.45, 2.75) is 6.17 Å². The molecule has 1 aliphatic heterocycles. The van der Waals surface area contributed by atoms with E-state index in [0.717, 1.165) is 16.6 Å². The number of carbonyl (C=O) groups excluding carboxylic acids is 1. The molecular weight excluding hydrogens is 418 g/mol. The maximum atomic E-state index is 13.9. The van der Waals surface area contributed by atoms with Gasteiger partial charge in [-0.1, -0.05) is 36.4 Å². The largest absolute Gasteiger partial charge is 0.493 e. The highest BCUT2D eigenvalue weighted by Gasteiger charge is 2.37. The zero-order valence-electron chi connectivity index (χ0n) is 18.5. The number of nitrogens with zero attached hydrogens (tertiary/aromatic N) is 2. The smallest absolute Gasteiger partial charge is 0.264 e. The fourth-order valence-corrected chi connectivity index (χ4v) is 4.24.